The average molecular weight is 420 g/mol. The van der Waals surface area contributed by atoms with Gasteiger partial charge < -0.3 is 9.64 Å². The lowest BCUT2D eigenvalue weighted by Crippen LogP contribution is -2.41. The summed E-state index contributed by atoms with van der Waals surface area (Å²) in [6.07, 6.45) is 4.48. The molecule has 1 saturated heterocycles. The van der Waals surface area contributed by atoms with E-state index in [0.29, 0.717) is 29.7 Å². The number of carbonyl (C=O) groups excluding carboxylic acids is 2. The zero-order valence-corrected chi connectivity index (χ0v) is 18.4. The van der Waals surface area contributed by atoms with E-state index in [1.165, 1.54) is 4.90 Å². The minimum atomic E-state index is -0.244. The molecule has 31 heavy (non-hydrogen) atoms. The van der Waals surface area contributed by atoms with E-state index in [1.807, 2.05) is 43.3 Å². The maximum atomic E-state index is 13.6. The molecule has 1 aromatic carbocycles. The Morgan fingerprint density at radius 2 is 1.61 bits per heavy atom. The van der Waals surface area contributed by atoms with Gasteiger partial charge in [0.05, 0.1) is 18.7 Å². The number of piperidine rings is 1. The molecule has 1 aromatic heterocycles. The molecule has 1 fully saturated rings. The van der Waals surface area contributed by atoms with Gasteiger partial charge >= 0.3 is 0 Å². The standard InChI is InChI=1S/C25H29N3O3/c1-4-31-21-7-5-20(6-8-21)22-23(27-14-17(2)13-18(3)15-27)25(30)28(24(22)29)16-19-9-11-26-12-10-19/h5-12,17-18H,4,13-16H2,1-3H3. The Kier molecular flexibility index (Phi) is 6.07. The number of imide groups is 1. The molecule has 162 valence electrons. The molecule has 0 aliphatic carbocycles. The molecular formula is C25H29N3O3. The second-order valence-corrected chi connectivity index (χ2v) is 8.58. The molecule has 0 saturated carbocycles. The summed E-state index contributed by atoms with van der Waals surface area (Å²) in [6, 6.07) is 11.1. The Hall–Kier alpha value is -3.15. The molecule has 4 rings (SSSR count). The van der Waals surface area contributed by atoms with E-state index in [-0.39, 0.29) is 18.4 Å². The molecule has 0 N–H and O–H groups in total. The Bertz CT molecular complexity index is 975. The number of hydrogen-bond donors (Lipinski definition) is 0. The summed E-state index contributed by atoms with van der Waals surface area (Å²) in [4.78, 5) is 34.6. The second-order valence-electron chi connectivity index (χ2n) is 8.58. The predicted octanol–water partition coefficient (Wildman–Crippen LogP) is 3.74. The third-order valence-corrected chi connectivity index (χ3v) is 5.87. The normalized spacial score (nSPS) is 21.8. The maximum Gasteiger partial charge on any atom is 0.278 e. The Morgan fingerprint density at radius 3 is 2.23 bits per heavy atom. The Morgan fingerprint density at radius 1 is 0.968 bits per heavy atom. The smallest absolute Gasteiger partial charge is 0.278 e. The van der Waals surface area contributed by atoms with Gasteiger partial charge in [-0.25, -0.2) is 0 Å². The van der Waals surface area contributed by atoms with Crippen molar-refractivity contribution in [1.29, 1.82) is 0 Å². The monoisotopic (exact) mass is 419 g/mol. The van der Waals surface area contributed by atoms with Crippen LogP contribution in [0.25, 0.3) is 5.57 Å². The van der Waals surface area contributed by atoms with Crippen molar-refractivity contribution in [2.75, 3.05) is 19.7 Å². The first-order valence-corrected chi connectivity index (χ1v) is 11.0. The first-order chi connectivity index (χ1) is 15.0. The highest BCUT2D eigenvalue weighted by Crippen LogP contribution is 2.36. The van der Waals surface area contributed by atoms with Crippen LogP contribution < -0.4 is 4.74 Å². The lowest BCUT2D eigenvalue weighted by Gasteiger charge is -2.37. The number of aromatic nitrogens is 1. The molecule has 2 aromatic rings. The van der Waals surface area contributed by atoms with Crippen LogP contribution in [0.5, 0.6) is 5.75 Å². The first kappa shape index (κ1) is 21.1. The van der Waals surface area contributed by atoms with Gasteiger partial charge in [0.2, 0.25) is 0 Å². The van der Waals surface area contributed by atoms with Gasteiger partial charge in [-0.3, -0.25) is 19.5 Å². The molecule has 2 atom stereocenters. The zero-order chi connectivity index (χ0) is 22.0. The van der Waals surface area contributed by atoms with E-state index < -0.39 is 0 Å². The molecule has 3 heterocycles. The highest BCUT2D eigenvalue weighted by atomic mass is 16.5. The minimum absolute atomic E-state index is 0.216. The summed E-state index contributed by atoms with van der Waals surface area (Å²) in [5.74, 6) is 1.22. The molecule has 2 amide bonds. The van der Waals surface area contributed by atoms with Crippen molar-refractivity contribution < 1.29 is 14.3 Å². The number of amides is 2. The summed E-state index contributed by atoms with van der Waals surface area (Å²) in [7, 11) is 0. The number of ether oxygens (including phenoxy) is 1. The molecule has 2 aliphatic heterocycles. The lowest BCUT2D eigenvalue weighted by molar-refractivity contribution is -0.138. The minimum Gasteiger partial charge on any atom is -0.494 e. The molecular weight excluding hydrogens is 390 g/mol. The second kappa shape index (κ2) is 8.92. The number of nitrogens with zero attached hydrogens (tertiary/aromatic N) is 3. The van der Waals surface area contributed by atoms with Crippen LogP contribution >= 0.6 is 0 Å². The van der Waals surface area contributed by atoms with Crippen LogP contribution in [0, 0.1) is 11.8 Å². The van der Waals surface area contributed by atoms with Crippen molar-refractivity contribution >= 4 is 17.4 Å². The molecule has 2 unspecified atom stereocenters. The molecule has 6 heteroatoms. The summed E-state index contributed by atoms with van der Waals surface area (Å²) in [5.41, 5.74) is 2.65. The van der Waals surface area contributed by atoms with Crippen LogP contribution in [0.1, 0.15) is 38.3 Å². The van der Waals surface area contributed by atoms with Gasteiger partial charge in [-0.15, -0.1) is 0 Å². The van der Waals surface area contributed by atoms with Gasteiger partial charge in [0, 0.05) is 25.5 Å². The Labute approximate surface area is 183 Å². The van der Waals surface area contributed by atoms with Crippen molar-refractivity contribution in [2.24, 2.45) is 11.8 Å². The van der Waals surface area contributed by atoms with Gasteiger partial charge in [-0.1, -0.05) is 26.0 Å². The number of pyridine rings is 1. The van der Waals surface area contributed by atoms with Gasteiger partial charge in [0.1, 0.15) is 11.4 Å². The largest absolute Gasteiger partial charge is 0.494 e. The van der Waals surface area contributed by atoms with Gasteiger partial charge in [0.25, 0.3) is 11.8 Å². The number of rotatable bonds is 6. The first-order valence-electron chi connectivity index (χ1n) is 11.0. The SMILES string of the molecule is CCOc1ccc(C2=C(N3CC(C)CC(C)C3)C(=O)N(Cc3ccncc3)C2=O)cc1. The predicted molar refractivity (Wildman–Crippen MR) is 119 cm³/mol. The summed E-state index contributed by atoms with van der Waals surface area (Å²) >= 11 is 0. The summed E-state index contributed by atoms with van der Waals surface area (Å²) in [5, 5.41) is 0. The summed E-state index contributed by atoms with van der Waals surface area (Å²) in [6.45, 7) is 8.72. The van der Waals surface area contributed by atoms with E-state index in [0.717, 1.165) is 36.4 Å². The number of hydrogen-bond acceptors (Lipinski definition) is 5. The molecule has 6 nitrogen and oxygen atoms in total. The highest BCUT2D eigenvalue weighted by molar-refractivity contribution is 6.35. The van der Waals surface area contributed by atoms with Crippen LogP contribution in [-0.2, 0) is 16.1 Å². The van der Waals surface area contributed by atoms with E-state index in [9.17, 15) is 9.59 Å². The van der Waals surface area contributed by atoms with Crippen molar-refractivity contribution in [1.82, 2.24) is 14.8 Å². The number of carbonyl (C=O) groups is 2. The lowest BCUT2D eigenvalue weighted by atomic mass is 9.91. The van der Waals surface area contributed by atoms with Crippen LogP contribution in [0.3, 0.4) is 0 Å². The van der Waals surface area contributed by atoms with Crippen molar-refractivity contribution in [2.45, 2.75) is 33.7 Å². The zero-order valence-electron chi connectivity index (χ0n) is 18.4. The van der Waals surface area contributed by atoms with Gasteiger partial charge in [0.15, 0.2) is 0 Å². The average Bonchev–Trinajstić information content (AvgIpc) is 2.99. The fraction of sp³-hybridized carbons (Fsp3) is 0.400. The van der Waals surface area contributed by atoms with E-state index in [1.54, 1.807) is 12.4 Å². The van der Waals surface area contributed by atoms with Crippen LogP contribution in [-0.4, -0.2) is 46.3 Å². The Balaban J connectivity index is 1.73. The third kappa shape index (κ3) is 4.33. The molecule has 0 spiro atoms. The quantitative estimate of drug-likeness (QED) is 0.668. The van der Waals surface area contributed by atoms with E-state index in [4.69, 9.17) is 4.74 Å². The van der Waals surface area contributed by atoms with Crippen molar-refractivity contribution in [3.8, 4) is 5.75 Å². The third-order valence-electron chi connectivity index (χ3n) is 5.87. The maximum absolute atomic E-state index is 13.6. The van der Waals surface area contributed by atoms with Gasteiger partial charge in [-0.05, 0) is 60.6 Å². The highest BCUT2D eigenvalue weighted by Gasteiger charge is 2.42. The number of likely N-dealkylation sites (tertiary alicyclic amines) is 1. The molecule has 2 aliphatic rings. The van der Waals surface area contributed by atoms with Crippen LogP contribution in [0.4, 0.5) is 0 Å². The van der Waals surface area contributed by atoms with Gasteiger partial charge in [-0.2, -0.15) is 0 Å². The summed E-state index contributed by atoms with van der Waals surface area (Å²) < 4.78 is 5.55. The van der Waals surface area contributed by atoms with E-state index >= 15 is 0 Å². The molecule has 0 bridgehead atoms. The fourth-order valence-corrected chi connectivity index (χ4v) is 4.66. The van der Waals surface area contributed by atoms with Crippen LogP contribution in [0.15, 0.2) is 54.5 Å². The van der Waals surface area contributed by atoms with E-state index in [2.05, 4.69) is 23.7 Å². The van der Waals surface area contributed by atoms with Crippen LogP contribution in [0.2, 0.25) is 0 Å². The number of benzene rings is 1. The van der Waals surface area contributed by atoms with Crippen molar-refractivity contribution in [3.63, 3.8) is 0 Å². The van der Waals surface area contributed by atoms with Crippen molar-refractivity contribution in [3.05, 3.63) is 65.6 Å². The topological polar surface area (TPSA) is 62.7 Å². The molecule has 0 radical (unpaired) electrons. The fourth-order valence-electron chi connectivity index (χ4n) is 4.66.